The second-order valence-corrected chi connectivity index (χ2v) is 3.92. The zero-order valence-electron chi connectivity index (χ0n) is 9.79. The third kappa shape index (κ3) is 3.62. The van der Waals surface area contributed by atoms with Crippen LogP contribution in [0.3, 0.4) is 0 Å². The van der Waals surface area contributed by atoms with Crippen LogP contribution >= 0.6 is 0 Å². The van der Waals surface area contributed by atoms with Gasteiger partial charge in [-0.3, -0.25) is 4.79 Å². The van der Waals surface area contributed by atoms with Crippen molar-refractivity contribution in [2.24, 2.45) is 0 Å². The minimum absolute atomic E-state index is 0.0644. The molecule has 0 aliphatic rings. The van der Waals surface area contributed by atoms with Gasteiger partial charge in [0.15, 0.2) is 17.3 Å². The molecule has 16 heavy (non-hydrogen) atoms. The molecule has 88 valence electrons. The smallest absolute Gasteiger partial charge is 0.165 e. The van der Waals surface area contributed by atoms with Crippen molar-refractivity contribution in [2.75, 3.05) is 27.7 Å². The Morgan fingerprint density at radius 3 is 2.62 bits per heavy atom. The van der Waals surface area contributed by atoms with Crippen LogP contribution in [0.15, 0.2) is 18.2 Å². The molecule has 0 aliphatic heterocycles. The van der Waals surface area contributed by atoms with E-state index in [9.17, 15) is 9.18 Å². The normalized spacial score (nSPS) is 10.6. The predicted molar refractivity (Wildman–Crippen MR) is 60.2 cm³/mol. The zero-order valence-corrected chi connectivity index (χ0v) is 9.79. The first-order chi connectivity index (χ1) is 7.52. The van der Waals surface area contributed by atoms with Crippen LogP contribution in [0.1, 0.15) is 5.56 Å². The summed E-state index contributed by atoms with van der Waals surface area (Å²) in [5, 5.41) is 0. The molecule has 0 saturated heterocycles. The maximum atomic E-state index is 13.3. The minimum atomic E-state index is -0.433. The fraction of sp³-hybridized carbons (Fsp3) is 0.417. The van der Waals surface area contributed by atoms with Crippen molar-refractivity contribution in [2.45, 2.75) is 6.42 Å². The van der Waals surface area contributed by atoms with E-state index < -0.39 is 5.82 Å². The molecule has 0 heterocycles. The fourth-order valence-corrected chi connectivity index (χ4v) is 1.46. The van der Waals surface area contributed by atoms with E-state index in [1.54, 1.807) is 11.0 Å². The highest BCUT2D eigenvalue weighted by Gasteiger charge is 2.08. The average Bonchev–Trinajstić information content (AvgIpc) is 2.16. The summed E-state index contributed by atoms with van der Waals surface area (Å²) in [6.45, 7) is 0.369. The van der Waals surface area contributed by atoms with Gasteiger partial charge in [0, 0.05) is 6.42 Å². The summed E-state index contributed by atoms with van der Waals surface area (Å²) >= 11 is 0. The Kier molecular flexibility index (Phi) is 4.43. The highest BCUT2D eigenvalue weighted by molar-refractivity contribution is 5.82. The Balaban J connectivity index is 2.68. The van der Waals surface area contributed by atoms with Gasteiger partial charge in [0.25, 0.3) is 0 Å². The van der Waals surface area contributed by atoms with Gasteiger partial charge in [-0.05, 0) is 31.8 Å². The van der Waals surface area contributed by atoms with Crippen molar-refractivity contribution in [3.8, 4) is 5.75 Å². The number of carbonyl (C=O) groups excluding carboxylic acids is 1. The highest BCUT2D eigenvalue weighted by Crippen LogP contribution is 2.17. The number of hydrogen-bond acceptors (Lipinski definition) is 3. The molecule has 0 fully saturated rings. The number of ketones is 1. The molecular formula is C12H16FNO2. The number of ether oxygens (including phenoxy) is 1. The van der Waals surface area contributed by atoms with Crippen molar-refractivity contribution < 1.29 is 13.9 Å². The topological polar surface area (TPSA) is 29.5 Å². The second kappa shape index (κ2) is 5.61. The maximum Gasteiger partial charge on any atom is 0.165 e. The van der Waals surface area contributed by atoms with Crippen molar-refractivity contribution in [3.05, 3.63) is 29.6 Å². The first-order valence-corrected chi connectivity index (χ1v) is 5.01. The summed E-state index contributed by atoms with van der Waals surface area (Å²) in [5.74, 6) is -0.170. The van der Waals surface area contributed by atoms with Gasteiger partial charge in [0.05, 0.1) is 13.7 Å². The van der Waals surface area contributed by atoms with Crippen LogP contribution in [-0.2, 0) is 11.2 Å². The second-order valence-electron chi connectivity index (χ2n) is 3.92. The number of benzene rings is 1. The molecule has 0 radical (unpaired) electrons. The van der Waals surface area contributed by atoms with Gasteiger partial charge in [-0.15, -0.1) is 0 Å². The average molecular weight is 225 g/mol. The monoisotopic (exact) mass is 225 g/mol. The van der Waals surface area contributed by atoms with E-state index in [0.717, 1.165) is 0 Å². The standard InChI is InChI=1S/C12H16FNO2/c1-14(2)8-10(15)6-9-4-5-12(16-3)11(13)7-9/h4-5,7H,6,8H2,1-3H3. The summed E-state index contributed by atoms with van der Waals surface area (Å²) in [6, 6.07) is 4.58. The first-order valence-electron chi connectivity index (χ1n) is 5.01. The van der Waals surface area contributed by atoms with Gasteiger partial charge >= 0.3 is 0 Å². The van der Waals surface area contributed by atoms with Crippen molar-refractivity contribution in [1.82, 2.24) is 4.90 Å². The Hall–Kier alpha value is -1.42. The van der Waals surface area contributed by atoms with Gasteiger partial charge in [-0.1, -0.05) is 6.07 Å². The molecule has 0 atom stereocenters. The third-order valence-electron chi connectivity index (χ3n) is 2.11. The lowest BCUT2D eigenvalue weighted by atomic mass is 10.1. The molecule has 0 amide bonds. The van der Waals surface area contributed by atoms with Crippen LogP contribution in [-0.4, -0.2) is 38.4 Å². The van der Waals surface area contributed by atoms with E-state index in [4.69, 9.17) is 4.74 Å². The first kappa shape index (κ1) is 12.6. The lowest BCUT2D eigenvalue weighted by Gasteiger charge is -2.09. The molecule has 0 bridgehead atoms. The Morgan fingerprint density at radius 2 is 2.12 bits per heavy atom. The van der Waals surface area contributed by atoms with Crippen molar-refractivity contribution >= 4 is 5.78 Å². The van der Waals surface area contributed by atoms with E-state index in [0.29, 0.717) is 12.1 Å². The summed E-state index contributed by atoms with van der Waals surface area (Å²) in [6.07, 6.45) is 0.249. The SMILES string of the molecule is COc1ccc(CC(=O)CN(C)C)cc1F. The highest BCUT2D eigenvalue weighted by atomic mass is 19.1. The minimum Gasteiger partial charge on any atom is -0.494 e. The van der Waals surface area contributed by atoms with Gasteiger partial charge in [0.2, 0.25) is 0 Å². The van der Waals surface area contributed by atoms with Gasteiger partial charge in [0.1, 0.15) is 0 Å². The summed E-state index contributed by atoms with van der Waals surface area (Å²) in [7, 11) is 5.06. The molecule has 3 nitrogen and oxygen atoms in total. The van der Waals surface area contributed by atoms with Crippen LogP contribution in [0.25, 0.3) is 0 Å². The Morgan fingerprint density at radius 1 is 1.44 bits per heavy atom. The number of methoxy groups -OCH3 is 1. The molecular weight excluding hydrogens is 209 g/mol. The van der Waals surface area contributed by atoms with Gasteiger partial charge in [-0.2, -0.15) is 0 Å². The number of likely N-dealkylation sites (N-methyl/N-ethyl adjacent to an activating group) is 1. The molecule has 0 unspecified atom stereocenters. The van der Waals surface area contributed by atoms with E-state index in [1.807, 2.05) is 14.1 Å². The zero-order chi connectivity index (χ0) is 12.1. The van der Waals surface area contributed by atoms with E-state index in [2.05, 4.69) is 0 Å². The van der Waals surface area contributed by atoms with E-state index >= 15 is 0 Å². The number of halogens is 1. The lowest BCUT2D eigenvalue weighted by Crippen LogP contribution is -2.22. The van der Waals surface area contributed by atoms with Crippen LogP contribution in [0.2, 0.25) is 0 Å². The number of rotatable bonds is 5. The van der Waals surface area contributed by atoms with Crippen LogP contribution in [0.5, 0.6) is 5.75 Å². The quantitative estimate of drug-likeness (QED) is 0.760. The van der Waals surface area contributed by atoms with Crippen molar-refractivity contribution in [1.29, 1.82) is 0 Å². The molecule has 0 N–H and O–H groups in total. The molecule has 0 spiro atoms. The van der Waals surface area contributed by atoms with E-state index in [1.165, 1.54) is 19.2 Å². The van der Waals surface area contributed by atoms with Crippen LogP contribution < -0.4 is 4.74 Å². The van der Waals surface area contributed by atoms with Crippen molar-refractivity contribution in [3.63, 3.8) is 0 Å². The molecule has 0 aromatic heterocycles. The fourth-order valence-electron chi connectivity index (χ4n) is 1.46. The predicted octanol–water partition coefficient (Wildman–Crippen LogP) is 1.51. The van der Waals surface area contributed by atoms with Gasteiger partial charge < -0.3 is 9.64 Å². The molecule has 0 aliphatic carbocycles. The lowest BCUT2D eigenvalue weighted by molar-refractivity contribution is -0.119. The Bertz CT molecular complexity index is 377. The summed E-state index contributed by atoms with van der Waals surface area (Å²) in [5.41, 5.74) is 0.671. The number of carbonyl (C=O) groups is 1. The number of hydrogen-bond donors (Lipinski definition) is 0. The molecule has 4 heteroatoms. The molecule has 1 rings (SSSR count). The number of Topliss-reactive ketones (excluding diaryl/α,β-unsaturated/α-hetero) is 1. The maximum absolute atomic E-state index is 13.3. The van der Waals surface area contributed by atoms with Crippen LogP contribution in [0.4, 0.5) is 4.39 Å². The summed E-state index contributed by atoms with van der Waals surface area (Å²) in [4.78, 5) is 13.3. The van der Waals surface area contributed by atoms with Crippen LogP contribution in [0, 0.1) is 5.82 Å². The molecule has 1 aromatic carbocycles. The molecule has 1 aromatic rings. The summed E-state index contributed by atoms with van der Waals surface area (Å²) < 4.78 is 18.1. The van der Waals surface area contributed by atoms with Gasteiger partial charge in [-0.25, -0.2) is 4.39 Å². The molecule has 0 saturated carbocycles. The Labute approximate surface area is 94.8 Å². The third-order valence-corrected chi connectivity index (χ3v) is 2.11. The largest absolute Gasteiger partial charge is 0.494 e. The van der Waals surface area contributed by atoms with E-state index in [-0.39, 0.29) is 18.0 Å². The number of nitrogens with zero attached hydrogens (tertiary/aromatic N) is 1.